The predicted octanol–water partition coefficient (Wildman–Crippen LogP) is 7.36. The lowest BCUT2D eigenvalue weighted by Crippen LogP contribution is -1.79. The van der Waals surface area contributed by atoms with Gasteiger partial charge in [-0.15, -0.1) is 23.5 Å². The smallest absolute Gasteiger partial charge is 0.0542 e. The van der Waals surface area contributed by atoms with E-state index in [1.54, 1.807) is 23.5 Å². The minimum absolute atomic E-state index is 0.772. The molecule has 2 aromatic rings. The molecule has 19 heavy (non-hydrogen) atoms. The second kappa shape index (κ2) is 7.62. The largest absolute Gasteiger partial charge is 0.113 e. The van der Waals surface area contributed by atoms with Crippen molar-refractivity contribution in [3.63, 3.8) is 0 Å². The van der Waals surface area contributed by atoms with Gasteiger partial charge in [0.2, 0.25) is 0 Å². The Balaban J connectivity index is 2.00. The van der Waals surface area contributed by atoms with E-state index in [2.05, 4.69) is 31.9 Å². The topological polar surface area (TPSA) is 0 Å². The minimum Gasteiger partial charge on any atom is -0.113 e. The maximum absolute atomic E-state index is 6.15. The lowest BCUT2D eigenvalue weighted by atomic mass is 10.4. The number of thioether (sulfide) groups is 2. The fraction of sp³-hybridized carbons (Fsp3) is 0.0769. The summed E-state index contributed by atoms with van der Waals surface area (Å²) < 4.78 is 2.06. The first-order chi connectivity index (χ1) is 9.06. The first-order valence-electron chi connectivity index (χ1n) is 5.22. The van der Waals surface area contributed by atoms with Gasteiger partial charge in [0, 0.05) is 23.8 Å². The van der Waals surface area contributed by atoms with Crippen LogP contribution in [0, 0.1) is 0 Å². The third-order valence-electron chi connectivity index (χ3n) is 2.22. The summed E-state index contributed by atoms with van der Waals surface area (Å²) in [6.45, 7) is 0. The van der Waals surface area contributed by atoms with Crippen molar-refractivity contribution in [1.29, 1.82) is 0 Å². The normalized spacial score (nSPS) is 10.7. The Kier molecular flexibility index (Phi) is 6.44. The molecule has 0 bridgehead atoms. The Morgan fingerprint density at radius 2 is 1.21 bits per heavy atom. The minimum atomic E-state index is 0.772. The van der Waals surface area contributed by atoms with Gasteiger partial charge >= 0.3 is 0 Å². The van der Waals surface area contributed by atoms with E-state index in [9.17, 15) is 0 Å². The van der Waals surface area contributed by atoms with Gasteiger partial charge in [-0.2, -0.15) is 0 Å². The average Bonchev–Trinajstić information content (AvgIpc) is 2.38. The first-order valence-corrected chi connectivity index (χ1v) is 9.53. The maximum Gasteiger partial charge on any atom is 0.0542 e. The van der Waals surface area contributed by atoms with Gasteiger partial charge in [0.15, 0.2) is 0 Å². The summed E-state index contributed by atoms with van der Waals surface area (Å²) in [6.07, 6.45) is 0. The summed E-state index contributed by atoms with van der Waals surface area (Å²) in [7, 11) is 0. The fourth-order valence-electron chi connectivity index (χ4n) is 1.33. The molecule has 0 spiro atoms. The van der Waals surface area contributed by atoms with Crippen LogP contribution in [0.5, 0.6) is 0 Å². The Labute approximate surface area is 147 Å². The second-order valence-corrected chi connectivity index (χ2v) is 8.60. The van der Waals surface area contributed by atoms with Crippen molar-refractivity contribution in [2.24, 2.45) is 0 Å². The van der Waals surface area contributed by atoms with E-state index in [-0.39, 0.29) is 0 Å². The molecular formula is C13H8Br2Cl2S2. The Morgan fingerprint density at radius 1 is 0.789 bits per heavy atom. The van der Waals surface area contributed by atoms with Crippen LogP contribution < -0.4 is 0 Å². The number of hydrogen-bond donors (Lipinski definition) is 0. The van der Waals surface area contributed by atoms with Gasteiger partial charge in [-0.3, -0.25) is 0 Å². The molecule has 0 radical (unpaired) electrons. The lowest BCUT2D eigenvalue weighted by Gasteiger charge is -2.06. The predicted molar refractivity (Wildman–Crippen MR) is 94.9 cm³/mol. The molecule has 0 fully saturated rings. The molecule has 2 rings (SSSR count). The third-order valence-corrected chi connectivity index (χ3v) is 6.33. The van der Waals surface area contributed by atoms with Crippen molar-refractivity contribution in [2.45, 2.75) is 9.79 Å². The Hall–Kier alpha value is 0.680. The highest BCUT2D eigenvalue weighted by atomic mass is 79.9. The second-order valence-electron chi connectivity index (χ2n) is 3.56. The number of rotatable bonds is 4. The summed E-state index contributed by atoms with van der Waals surface area (Å²) >= 11 is 22.6. The van der Waals surface area contributed by atoms with E-state index in [4.69, 9.17) is 23.2 Å². The van der Waals surface area contributed by atoms with Crippen LogP contribution in [0.2, 0.25) is 10.0 Å². The summed E-state index contributed by atoms with van der Waals surface area (Å²) in [4.78, 5) is 2.13. The molecule has 0 saturated heterocycles. The third kappa shape index (κ3) is 4.87. The van der Waals surface area contributed by atoms with E-state index in [1.807, 2.05) is 36.4 Å². The van der Waals surface area contributed by atoms with Crippen LogP contribution in [0.15, 0.2) is 55.1 Å². The van der Waals surface area contributed by atoms with Crippen LogP contribution in [0.3, 0.4) is 0 Å². The van der Waals surface area contributed by atoms with Gasteiger partial charge in [0.25, 0.3) is 0 Å². The zero-order valence-corrected chi connectivity index (χ0v) is 15.8. The zero-order chi connectivity index (χ0) is 13.8. The van der Waals surface area contributed by atoms with E-state index >= 15 is 0 Å². The number of hydrogen-bond acceptors (Lipinski definition) is 2. The highest BCUT2D eigenvalue weighted by molar-refractivity contribution is 9.10. The molecule has 0 amide bonds. The molecule has 0 aliphatic rings. The van der Waals surface area contributed by atoms with Crippen LogP contribution in [-0.4, -0.2) is 5.08 Å². The van der Waals surface area contributed by atoms with Gasteiger partial charge in [-0.1, -0.05) is 55.1 Å². The van der Waals surface area contributed by atoms with Crippen molar-refractivity contribution in [3.05, 3.63) is 55.4 Å². The van der Waals surface area contributed by atoms with E-state index in [0.29, 0.717) is 0 Å². The lowest BCUT2D eigenvalue weighted by molar-refractivity contribution is 1.43. The summed E-state index contributed by atoms with van der Waals surface area (Å²) in [5, 5.41) is 2.40. The molecule has 0 N–H and O–H groups in total. The molecule has 0 heterocycles. The summed E-state index contributed by atoms with van der Waals surface area (Å²) in [5.74, 6) is 0. The fourth-order valence-corrected chi connectivity index (χ4v) is 5.00. The van der Waals surface area contributed by atoms with Gasteiger partial charge in [0.05, 0.1) is 10.0 Å². The van der Waals surface area contributed by atoms with Crippen LogP contribution in [0.1, 0.15) is 0 Å². The molecule has 0 atom stereocenters. The van der Waals surface area contributed by atoms with Gasteiger partial charge < -0.3 is 0 Å². The Morgan fingerprint density at radius 3 is 1.63 bits per heavy atom. The summed E-state index contributed by atoms with van der Waals surface area (Å²) in [6, 6.07) is 11.7. The molecule has 0 saturated carbocycles. The molecule has 0 aliphatic carbocycles. The highest BCUT2D eigenvalue weighted by Crippen LogP contribution is 2.36. The van der Waals surface area contributed by atoms with Crippen LogP contribution in [-0.2, 0) is 0 Å². The molecule has 0 aromatic heterocycles. The van der Waals surface area contributed by atoms with Crippen LogP contribution >= 0.6 is 78.6 Å². The molecule has 0 aliphatic heterocycles. The van der Waals surface area contributed by atoms with Gasteiger partial charge in [-0.25, -0.2) is 0 Å². The molecular weight excluding hydrogens is 451 g/mol. The summed E-state index contributed by atoms with van der Waals surface area (Å²) in [5.41, 5.74) is 0. The van der Waals surface area contributed by atoms with E-state index in [1.165, 1.54) is 0 Å². The van der Waals surface area contributed by atoms with Crippen molar-refractivity contribution in [2.75, 3.05) is 5.08 Å². The van der Waals surface area contributed by atoms with Gasteiger partial charge in [0.1, 0.15) is 0 Å². The van der Waals surface area contributed by atoms with E-state index in [0.717, 1.165) is 33.9 Å². The Bertz CT molecular complexity index is 539. The molecule has 2 aromatic carbocycles. The standard InChI is InChI=1S/C13H8Br2Cl2S2/c14-8-1-3-10(16)12(5-8)18-7-19-13-6-9(15)2-4-11(13)17/h1-6H,7H2. The molecule has 0 unspecified atom stereocenters. The van der Waals surface area contributed by atoms with Crippen molar-refractivity contribution in [1.82, 2.24) is 0 Å². The van der Waals surface area contributed by atoms with Crippen molar-refractivity contribution in [3.8, 4) is 0 Å². The molecule has 0 nitrogen and oxygen atoms in total. The van der Waals surface area contributed by atoms with Crippen LogP contribution in [0.25, 0.3) is 0 Å². The maximum atomic E-state index is 6.15. The average molecular weight is 459 g/mol. The van der Waals surface area contributed by atoms with E-state index < -0.39 is 0 Å². The van der Waals surface area contributed by atoms with Crippen molar-refractivity contribution < 1.29 is 0 Å². The number of halogens is 4. The molecule has 100 valence electrons. The highest BCUT2D eigenvalue weighted by Gasteiger charge is 2.05. The SMILES string of the molecule is Clc1ccc(Br)cc1SCSc1cc(Br)ccc1Cl. The van der Waals surface area contributed by atoms with Crippen molar-refractivity contribution >= 4 is 78.6 Å². The molecule has 6 heteroatoms. The number of benzene rings is 2. The van der Waals surface area contributed by atoms with Crippen LogP contribution in [0.4, 0.5) is 0 Å². The first kappa shape index (κ1) is 16.1. The zero-order valence-electron chi connectivity index (χ0n) is 9.50. The quantitative estimate of drug-likeness (QED) is 0.346. The monoisotopic (exact) mass is 456 g/mol. The van der Waals surface area contributed by atoms with Gasteiger partial charge in [-0.05, 0) is 36.4 Å².